The van der Waals surface area contributed by atoms with Gasteiger partial charge in [-0.2, -0.15) is 0 Å². The van der Waals surface area contributed by atoms with Crippen molar-refractivity contribution in [3.05, 3.63) is 5.69 Å². The molecule has 1 N–H and O–H groups in total. The van der Waals surface area contributed by atoms with Crippen LogP contribution in [0, 0.1) is 0 Å². The predicted molar refractivity (Wildman–Crippen MR) is 74.5 cm³/mol. The zero-order chi connectivity index (χ0) is 12.7. The minimum atomic E-state index is 0.554. The Morgan fingerprint density at radius 1 is 1.35 bits per heavy atom. The third kappa shape index (κ3) is 4.60. The highest BCUT2D eigenvalue weighted by Gasteiger charge is 2.14. The Kier molecular flexibility index (Phi) is 6.44. The largest absolute Gasteiger partial charge is 0.377 e. The molecule has 0 spiro atoms. The molecule has 1 aromatic heterocycles. The number of rotatable bonds is 8. The van der Waals surface area contributed by atoms with E-state index in [0.717, 1.165) is 23.8 Å². The van der Waals surface area contributed by atoms with Crippen LogP contribution in [0.5, 0.6) is 0 Å². The minimum Gasteiger partial charge on any atom is -0.377 e. The summed E-state index contributed by atoms with van der Waals surface area (Å²) in [6.07, 6.45) is 3.84. The van der Waals surface area contributed by atoms with Crippen molar-refractivity contribution in [2.24, 2.45) is 0 Å². The molecule has 0 bridgehead atoms. The molecule has 0 atom stereocenters. The zero-order valence-electron chi connectivity index (χ0n) is 11.4. The van der Waals surface area contributed by atoms with E-state index in [9.17, 15) is 0 Å². The van der Waals surface area contributed by atoms with Gasteiger partial charge >= 0.3 is 0 Å². The van der Waals surface area contributed by atoms with Crippen molar-refractivity contribution in [3.63, 3.8) is 0 Å². The molecule has 98 valence electrons. The van der Waals surface area contributed by atoms with Gasteiger partial charge in [-0.05, 0) is 26.8 Å². The van der Waals surface area contributed by atoms with Crippen LogP contribution in [0.1, 0.15) is 45.7 Å². The highest BCUT2D eigenvalue weighted by atomic mass is 32.1. The summed E-state index contributed by atoms with van der Waals surface area (Å²) in [6.45, 7) is 8.76. The van der Waals surface area contributed by atoms with E-state index in [2.05, 4.69) is 40.6 Å². The van der Waals surface area contributed by atoms with Gasteiger partial charge in [0.2, 0.25) is 0 Å². The SMILES string of the molecule is CCCCCN(Cc1nnsc1NC)C(C)C. The summed E-state index contributed by atoms with van der Waals surface area (Å²) in [7, 11) is 1.93. The monoisotopic (exact) mass is 256 g/mol. The Balaban J connectivity index is 2.54. The maximum atomic E-state index is 4.20. The summed E-state index contributed by atoms with van der Waals surface area (Å²) in [6, 6.07) is 0.554. The molecule has 0 radical (unpaired) electrons. The van der Waals surface area contributed by atoms with Gasteiger partial charge in [-0.1, -0.05) is 24.3 Å². The third-order valence-corrected chi connectivity index (χ3v) is 3.70. The first kappa shape index (κ1) is 14.4. The van der Waals surface area contributed by atoms with Crippen molar-refractivity contribution in [2.45, 2.75) is 52.6 Å². The molecule has 5 heteroatoms. The fourth-order valence-electron chi connectivity index (χ4n) is 1.78. The smallest absolute Gasteiger partial charge is 0.134 e. The van der Waals surface area contributed by atoms with E-state index >= 15 is 0 Å². The lowest BCUT2D eigenvalue weighted by Gasteiger charge is -2.25. The van der Waals surface area contributed by atoms with Gasteiger partial charge in [-0.25, -0.2) is 0 Å². The van der Waals surface area contributed by atoms with E-state index in [4.69, 9.17) is 0 Å². The van der Waals surface area contributed by atoms with Crippen LogP contribution in [0.4, 0.5) is 5.00 Å². The molecule has 1 rings (SSSR count). The number of unbranched alkanes of at least 4 members (excludes halogenated alkanes) is 2. The van der Waals surface area contributed by atoms with E-state index in [1.165, 1.54) is 30.8 Å². The predicted octanol–water partition coefficient (Wildman–Crippen LogP) is 2.98. The summed E-state index contributed by atoms with van der Waals surface area (Å²) in [4.78, 5) is 2.47. The lowest BCUT2D eigenvalue weighted by atomic mass is 10.2. The van der Waals surface area contributed by atoms with Crippen LogP contribution < -0.4 is 5.32 Å². The molecule has 17 heavy (non-hydrogen) atoms. The number of hydrogen-bond acceptors (Lipinski definition) is 5. The van der Waals surface area contributed by atoms with Crippen LogP contribution in [0.25, 0.3) is 0 Å². The number of aromatic nitrogens is 2. The van der Waals surface area contributed by atoms with E-state index in [1.807, 2.05) is 7.05 Å². The first-order valence-electron chi connectivity index (χ1n) is 6.42. The second kappa shape index (κ2) is 7.61. The molecule has 0 aliphatic rings. The second-order valence-electron chi connectivity index (χ2n) is 4.57. The van der Waals surface area contributed by atoms with Crippen LogP contribution in [0.3, 0.4) is 0 Å². The maximum absolute atomic E-state index is 4.20. The van der Waals surface area contributed by atoms with E-state index in [1.54, 1.807) is 0 Å². The molecule has 0 aromatic carbocycles. The van der Waals surface area contributed by atoms with Crippen molar-refractivity contribution in [3.8, 4) is 0 Å². The van der Waals surface area contributed by atoms with Crippen LogP contribution in [0.15, 0.2) is 0 Å². The van der Waals surface area contributed by atoms with Gasteiger partial charge < -0.3 is 5.32 Å². The minimum absolute atomic E-state index is 0.554. The van der Waals surface area contributed by atoms with Crippen LogP contribution in [0.2, 0.25) is 0 Å². The average molecular weight is 256 g/mol. The molecule has 1 heterocycles. The van der Waals surface area contributed by atoms with Crippen molar-refractivity contribution >= 4 is 16.5 Å². The highest BCUT2D eigenvalue weighted by molar-refractivity contribution is 7.10. The van der Waals surface area contributed by atoms with E-state index < -0.39 is 0 Å². The molecule has 0 aliphatic heterocycles. The summed E-state index contributed by atoms with van der Waals surface area (Å²) < 4.78 is 4.00. The lowest BCUT2D eigenvalue weighted by Crippen LogP contribution is -2.31. The highest BCUT2D eigenvalue weighted by Crippen LogP contribution is 2.19. The number of anilines is 1. The fraction of sp³-hybridized carbons (Fsp3) is 0.833. The molecular weight excluding hydrogens is 232 g/mol. The van der Waals surface area contributed by atoms with Crippen molar-refractivity contribution in [2.75, 3.05) is 18.9 Å². The number of nitrogens with zero attached hydrogens (tertiary/aromatic N) is 3. The summed E-state index contributed by atoms with van der Waals surface area (Å²) >= 11 is 1.43. The molecule has 0 saturated heterocycles. The van der Waals surface area contributed by atoms with Gasteiger partial charge in [0, 0.05) is 31.2 Å². The standard InChI is InChI=1S/C12H24N4S/c1-5-6-7-8-16(10(2)3)9-11-12(13-4)17-15-14-11/h10,13H,5-9H2,1-4H3. The number of nitrogens with one attached hydrogen (secondary N) is 1. The van der Waals surface area contributed by atoms with Gasteiger partial charge in [-0.15, -0.1) is 5.10 Å². The van der Waals surface area contributed by atoms with E-state index in [0.29, 0.717) is 6.04 Å². The topological polar surface area (TPSA) is 41.1 Å². The molecule has 0 saturated carbocycles. The molecule has 1 aromatic rings. The van der Waals surface area contributed by atoms with E-state index in [-0.39, 0.29) is 0 Å². The zero-order valence-corrected chi connectivity index (χ0v) is 12.2. The van der Waals surface area contributed by atoms with Gasteiger partial charge in [-0.3, -0.25) is 4.90 Å². The summed E-state index contributed by atoms with van der Waals surface area (Å²) in [5.74, 6) is 0. The third-order valence-electron chi connectivity index (χ3n) is 2.91. The Hall–Kier alpha value is -0.680. The summed E-state index contributed by atoms with van der Waals surface area (Å²) in [5, 5.41) is 8.44. The van der Waals surface area contributed by atoms with Crippen molar-refractivity contribution in [1.82, 2.24) is 14.5 Å². The number of hydrogen-bond donors (Lipinski definition) is 1. The Labute approximate surface area is 109 Å². The molecule has 0 amide bonds. The Morgan fingerprint density at radius 3 is 2.71 bits per heavy atom. The van der Waals surface area contributed by atoms with Gasteiger partial charge in [0.1, 0.15) is 10.7 Å². The fourth-order valence-corrected chi connectivity index (χ4v) is 2.30. The molecule has 0 unspecified atom stereocenters. The average Bonchev–Trinajstić information content (AvgIpc) is 2.75. The van der Waals surface area contributed by atoms with Crippen LogP contribution in [-0.2, 0) is 6.54 Å². The lowest BCUT2D eigenvalue weighted by molar-refractivity contribution is 0.206. The normalized spacial score (nSPS) is 11.4. The summed E-state index contributed by atoms with van der Waals surface area (Å²) in [5.41, 5.74) is 1.07. The Morgan fingerprint density at radius 2 is 2.12 bits per heavy atom. The maximum Gasteiger partial charge on any atom is 0.134 e. The van der Waals surface area contributed by atoms with Gasteiger partial charge in [0.05, 0.1) is 0 Å². The van der Waals surface area contributed by atoms with Crippen LogP contribution >= 0.6 is 11.5 Å². The van der Waals surface area contributed by atoms with Gasteiger partial charge in [0.25, 0.3) is 0 Å². The van der Waals surface area contributed by atoms with Crippen molar-refractivity contribution in [1.29, 1.82) is 0 Å². The molecule has 0 fully saturated rings. The van der Waals surface area contributed by atoms with Crippen molar-refractivity contribution < 1.29 is 0 Å². The molecular formula is C12H24N4S. The second-order valence-corrected chi connectivity index (χ2v) is 5.32. The van der Waals surface area contributed by atoms with Gasteiger partial charge in [0.15, 0.2) is 0 Å². The Bertz CT molecular complexity index is 311. The molecule has 0 aliphatic carbocycles. The molecule has 4 nitrogen and oxygen atoms in total. The quantitative estimate of drug-likeness (QED) is 0.726. The van der Waals surface area contributed by atoms with Crippen LogP contribution in [-0.4, -0.2) is 34.1 Å². The first-order valence-corrected chi connectivity index (χ1v) is 7.19. The first-order chi connectivity index (χ1) is 8.19.